The third-order valence-electron chi connectivity index (χ3n) is 5.26. The van der Waals surface area contributed by atoms with Gasteiger partial charge in [-0.25, -0.2) is 8.42 Å². The lowest BCUT2D eigenvalue weighted by molar-refractivity contribution is 0.102. The van der Waals surface area contributed by atoms with Gasteiger partial charge in [-0.2, -0.15) is 0 Å². The van der Waals surface area contributed by atoms with Gasteiger partial charge in [0.05, 0.1) is 18.1 Å². The SMILES string of the molecule is CC(C)c1ccc(NC(=O)c2ccc(NS(=O)(=O)c3ccc4c(c3)OCCCO4)cc2)cc1. The van der Waals surface area contributed by atoms with Crippen LogP contribution in [0.4, 0.5) is 11.4 Å². The van der Waals surface area contributed by atoms with Crippen LogP contribution in [0.5, 0.6) is 11.5 Å². The van der Waals surface area contributed by atoms with E-state index in [2.05, 4.69) is 23.9 Å². The Hall–Kier alpha value is -3.52. The number of fused-ring (bicyclic) bond motifs is 1. The zero-order chi connectivity index (χ0) is 23.4. The number of anilines is 2. The maximum atomic E-state index is 12.8. The first kappa shape index (κ1) is 22.7. The van der Waals surface area contributed by atoms with Crippen molar-refractivity contribution in [1.29, 1.82) is 0 Å². The third kappa shape index (κ3) is 5.46. The minimum atomic E-state index is -3.84. The minimum Gasteiger partial charge on any atom is -0.490 e. The second-order valence-electron chi connectivity index (χ2n) is 8.07. The molecule has 0 atom stereocenters. The van der Waals surface area contributed by atoms with Crippen LogP contribution in [0.15, 0.2) is 71.6 Å². The average molecular weight is 467 g/mol. The largest absolute Gasteiger partial charge is 0.490 e. The van der Waals surface area contributed by atoms with Gasteiger partial charge in [0.1, 0.15) is 0 Å². The Kier molecular flexibility index (Phi) is 6.55. The Morgan fingerprint density at radius 3 is 2.15 bits per heavy atom. The molecule has 1 heterocycles. The fourth-order valence-electron chi connectivity index (χ4n) is 3.37. The quantitative estimate of drug-likeness (QED) is 0.532. The van der Waals surface area contributed by atoms with E-state index in [1.165, 1.54) is 17.7 Å². The van der Waals surface area contributed by atoms with E-state index in [-0.39, 0.29) is 10.8 Å². The first-order valence-electron chi connectivity index (χ1n) is 10.8. The van der Waals surface area contributed by atoms with Crippen molar-refractivity contribution in [1.82, 2.24) is 0 Å². The molecule has 8 heteroatoms. The van der Waals surface area contributed by atoms with Crippen molar-refractivity contribution < 1.29 is 22.7 Å². The van der Waals surface area contributed by atoms with Gasteiger partial charge in [-0.1, -0.05) is 26.0 Å². The number of hydrogen-bond donors (Lipinski definition) is 2. The van der Waals surface area contributed by atoms with E-state index in [0.717, 1.165) is 6.42 Å². The van der Waals surface area contributed by atoms with Crippen LogP contribution in [-0.4, -0.2) is 27.5 Å². The summed E-state index contributed by atoms with van der Waals surface area (Å²) in [6.07, 6.45) is 0.734. The van der Waals surface area contributed by atoms with Crippen molar-refractivity contribution in [3.05, 3.63) is 77.9 Å². The van der Waals surface area contributed by atoms with Gasteiger partial charge in [-0.15, -0.1) is 0 Å². The molecule has 0 aliphatic carbocycles. The molecule has 4 rings (SSSR count). The smallest absolute Gasteiger partial charge is 0.262 e. The van der Waals surface area contributed by atoms with Crippen LogP contribution in [0.1, 0.15) is 42.1 Å². The summed E-state index contributed by atoms with van der Waals surface area (Å²) in [7, 11) is -3.84. The summed E-state index contributed by atoms with van der Waals surface area (Å²) in [5, 5.41) is 2.85. The van der Waals surface area contributed by atoms with Crippen molar-refractivity contribution in [2.75, 3.05) is 23.3 Å². The predicted molar refractivity (Wildman–Crippen MR) is 128 cm³/mol. The van der Waals surface area contributed by atoms with E-state index >= 15 is 0 Å². The van der Waals surface area contributed by atoms with E-state index in [9.17, 15) is 13.2 Å². The molecule has 0 spiro atoms. The number of hydrogen-bond acceptors (Lipinski definition) is 5. The molecule has 0 unspecified atom stereocenters. The van der Waals surface area contributed by atoms with Crippen LogP contribution in [-0.2, 0) is 10.0 Å². The molecule has 33 heavy (non-hydrogen) atoms. The second-order valence-corrected chi connectivity index (χ2v) is 9.76. The lowest BCUT2D eigenvalue weighted by Gasteiger charge is -2.12. The monoisotopic (exact) mass is 466 g/mol. The van der Waals surface area contributed by atoms with E-state index in [1.807, 2.05) is 24.3 Å². The minimum absolute atomic E-state index is 0.0680. The molecule has 0 fully saturated rings. The van der Waals surface area contributed by atoms with Crippen LogP contribution in [0, 0.1) is 0 Å². The number of ether oxygens (including phenoxy) is 2. The Labute approximate surface area is 193 Å². The highest BCUT2D eigenvalue weighted by Gasteiger charge is 2.19. The highest BCUT2D eigenvalue weighted by Crippen LogP contribution is 2.32. The second kappa shape index (κ2) is 9.54. The number of carbonyl (C=O) groups is 1. The molecule has 1 aliphatic heterocycles. The summed E-state index contributed by atoms with van der Waals surface area (Å²) >= 11 is 0. The molecule has 7 nitrogen and oxygen atoms in total. The molecule has 2 N–H and O–H groups in total. The lowest BCUT2D eigenvalue weighted by atomic mass is 10.0. The summed E-state index contributed by atoms with van der Waals surface area (Å²) in [5.41, 5.74) is 2.66. The Balaban J connectivity index is 1.43. The molecule has 172 valence electrons. The molecule has 0 saturated carbocycles. The summed E-state index contributed by atoms with van der Waals surface area (Å²) in [5.74, 6) is 1.08. The number of rotatable bonds is 6. The maximum absolute atomic E-state index is 12.8. The van der Waals surface area contributed by atoms with Gasteiger partial charge in [0, 0.05) is 29.4 Å². The Morgan fingerprint density at radius 2 is 1.48 bits per heavy atom. The van der Waals surface area contributed by atoms with Gasteiger partial charge in [-0.05, 0) is 60.0 Å². The number of amides is 1. The van der Waals surface area contributed by atoms with E-state index < -0.39 is 10.0 Å². The summed E-state index contributed by atoms with van der Waals surface area (Å²) in [6, 6.07) is 18.5. The zero-order valence-corrected chi connectivity index (χ0v) is 19.3. The summed E-state index contributed by atoms with van der Waals surface area (Å²) in [4.78, 5) is 12.6. The topological polar surface area (TPSA) is 93.7 Å². The van der Waals surface area contributed by atoms with Gasteiger partial charge in [0.2, 0.25) is 0 Å². The van der Waals surface area contributed by atoms with Crippen LogP contribution >= 0.6 is 0 Å². The van der Waals surface area contributed by atoms with Crippen molar-refractivity contribution in [2.45, 2.75) is 31.1 Å². The molecule has 0 saturated heterocycles. The van der Waals surface area contributed by atoms with Gasteiger partial charge >= 0.3 is 0 Å². The highest BCUT2D eigenvalue weighted by atomic mass is 32.2. The number of benzene rings is 3. The fraction of sp³-hybridized carbons (Fsp3) is 0.240. The molecule has 3 aromatic rings. The molecule has 1 aliphatic rings. The van der Waals surface area contributed by atoms with Crippen molar-refractivity contribution in [3.8, 4) is 11.5 Å². The van der Waals surface area contributed by atoms with Crippen molar-refractivity contribution in [3.63, 3.8) is 0 Å². The maximum Gasteiger partial charge on any atom is 0.262 e. The van der Waals surface area contributed by atoms with Gasteiger partial charge in [0.15, 0.2) is 11.5 Å². The van der Waals surface area contributed by atoms with E-state index in [1.54, 1.807) is 30.3 Å². The molecule has 0 aromatic heterocycles. The van der Waals surface area contributed by atoms with E-state index in [4.69, 9.17) is 9.47 Å². The highest BCUT2D eigenvalue weighted by molar-refractivity contribution is 7.92. The Bertz CT molecular complexity index is 1240. The van der Waals surface area contributed by atoms with Gasteiger partial charge in [0.25, 0.3) is 15.9 Å². The average Bonchev–Trinajstić information content (AvgIpc) is 3.04. The first-order valence-corrected chi connectivity index (χ1v) is 12.2. The first-order chi connectivity index (χ1) is 15.8. The van der Waals surface area contributed by atoms with Crippen LogP contribution < -0.4 is 19.5 Å². The lowest BCUT2D eigenvalue weighted by Crippen LogP contribution is -2.14. The third-order valence-corrected chi connectivity index (χ3v) is 6.64. The summed E-state index contributed by atoms with van der Waals surface area (Å²) < 4.78 is 39.3. The molecular formula is C25H26N2O5S. The summed E-state index contributed by atoms with van der Waals surface area (Å²) in [6.45, 7) is 5.22. The van der Waals surface area contributed by atoms with Gasteiger partial charge in [-0.3, -0.25) is 9.52 Å². The number of sulfonamides is 1. The van der Waals surface area contributed by atoms with Crippen LogP contribution in [0.25, 0.3) is 0 Å². The van der Waals surface area contributed by atoms with E-state index in [0.29, 0.717) is 47.6 Å². The van der Waals surface area contributed by atoms with Crippen LogP contribution in [0.2, 0.25) is 0 Å². The van der Waals surface area contributed by atoms with Gasteiger partial charge < -0.3 is 14.8 Å². The fourth-order valence-corrected chi connectivity index (χ4v) is 4.44. The molecule has 3 aromatic carbocycles. The van der Waals surface area contributed by atoms with Crippen molar-refractivity contribution in [2.24, 2.45) is 0 Å². The molecule has 0 radical (unpaired) electrons. The van der Waals surface area contributed by atoms with Crippen molar-refractivity contribution >= 4 is 27.3 Å². The Morgan fingerprint density at radius 1 is 0.848 bits per heavy atom. The molecule has 1 amide bonds. The molecular weight excluding hydrogens is 440 g/mol. The normalized spacial score (nSPS) is 13.3. The standard InChI is InChI=1S/C25H26N2O5S/c1-17(2)18-4-8-20(9-5-18)26-25(28)19-6-10-21(11-7-19)27-33(29,30)22-12-13-23-24(16-22)32-15-3-14-31-23/h4-13,16-17,27H,3,14-15H2,1-2H3,(H,26,28). The predicted octanol–water partition coefficient (Wildman–Crippen LogP) is 5.02. The van der Waals surface area contributed by atoms with Crippen LogP contribution in [0.3, 0.4) is 0 Å². The number of carbonyl (C=O) groups excluding carboxylic acids is 1. The molecule has 0 bridgehead atoms. The zero-order valence-electron chi connectivity index (χ0n) is 18.5. The number of nitrogens with one attached hydrogen (secondary N) is 2.